The first kappa shape index (κ1) is 12.5. The van der Waals surface area contributed by atoms with E-state index in [2.05, 4.69) is 37.0 Å². The molecule has 1 saturated heterocycles. The fourth-order valence-electron chi connectivity index (χ4n) is 2.65. The van der Waals surface area contributed by atoms with E-state index < -0.39 is 0 Å². The van der Waals surface area contributed by atoms with Gasteiger partial charge in [-0.25, -0.2) is 0 Å². The molecule has 0 aliphatic carbocycles. The average Bonchev–Trinajstić information content (AvgIpc) is 2.18. The van der Waals surface area contributed by atoms with Crippen molar-refractivity contribution in [2.45, 2.75) is 31.7 Å². The van der Waals surface area contributed by atoms with Crippen molar-refractivity contribution in [2.75, 3.05) is 34.2 Å². The highest BCUT2D eigenvalue weighted by atomic mass is 15.1. The third kappa shape index (κ3) is 3.81. The average molecular weight is 209 g/mol. The highest BCUT2D eigenvalue weighted by Gasteiger charge is 2.26. The van der Waals surface area contributed by atoms with Crippen molar-refractivity contribution in [1.29, 1.82) is 5.26 Å². The van der Waals surface area contributed by atoms with Gasteiger partial charge in [0.1, 0.15) is 0 Å². The third-order valence-corrected chi connectivity index (χ3v) is 3.42. The standard InChI is InChI=1S/C12H23N3/c1-14(2)12(7-4-8-13)11-6-5-9-15(3)10-11/h11-12H,4-7,9-10H2,1-3H3. The molecule has 1 heterocycles. The molecule has 0 aromatic heterocycles. The fourth-order valence-corrected chi connectivity index (χ4v) is 2.65. The maximum atomic E-state index is 8.67. The first-order valence-corrected chi connectivity index (χ1v) is 5.87. The summed E-state index contributed by atoms with van der Waals surface area (Å²) in [5.74, 6) is 0.743. The van der Waals surface area contributed by atoms with Crippen molar-refractivity contribution < 1.29 is 0 Å². The molecule has 86 valence electrons. The first-order valence-electron chi connectivity index (χ1n) is 5.87. The van der Waals surface area contributed by atoms with Gasteiger partial charge in [0.05, 0.1) is 6.07 Å². The Bertz CT molecular complexity index is 219. The van der Waals surface area contributed by atoms with Crippen LogP contribution in [0.15, 0.2) is 0 Å². The van der Waals surface area contributed by atoms with Crippen LogP contribution in [-0.4, -0.2) is 50.1 Å². The van der Waals surface area contributed by atoms with Gasteiger partial charge in [-0.1, -0.05) is 0 Å². The van der Waals surface area contributed by atoms with Crippen LogP contribution >= 0.6 is 0 Å². The molecule has 1 fully saturated rings. The minimum absolute atomic E-state index is 0.576. The summed E-state index contributed by atoms with van der Waals surface area (Å²) in [4.78, 5) is 4.71. The molecule has 2 unspecified atom stereocenters. The predicted molar refractivity (Wildman–Crippen MR) is 62.5 cm³/mol. The van der Waals surface area contributed by atoms with E-state index in [0.29, 0.717) is 12.5 Å². The number of rotatable bonds is 4. The molecule has 0 bridgehead atoms. The van der Waals surface area contributed by atoms with E-state index in [1.807, 2.05) is 0 Å². The van der Waals surface area contributed by atoms with E-state index in [1.165, 1.54) is 25.9 Å². The lowest BCUT2D eigenvalue weighted by Crippen LogP contribution is -2.44. The Morgan fingerprint density at radius 3 is 2.80 bits per heavy atom. The van der Waals surface area contributed by atoms with Crippen molar-refractivity contribution in [3.8, 4) is 6.07 Å². The van der Waals surface area contributed by atoms with Crippen LogP contribution in [0, 0.1) is 17.2 Å². The monoisotopic (exact) mass is 209 g/mol. The van der Waals surface area contributed by atoms with Crippen LogP contribution in [0.3, 0.4) is 0 Å². The van der Waals surface area contributed by atoms with Gasteiger partial charge in [0.2, 0.25) is 0 Å². The number of hydrogen-bond acceptors (Lipinski definition) is 3. The quantitative estimate of drug-likeness (QED) is 0.704. The molecule has 3 heteroatoms. The second-order valence-corrected chi connectivity index (χ2v) is 4.89. The molecule has 1 rings (SSSR count). The highest BCUT2D eigenvalue weighted by Crippen LogP contribution is 2.24. The number of hydrogen-bond donors (Lipinski definition) is 0. The smallest absolute Gasteiger partial charge is 0.0622 e. The minimum atomic E-state index is 0.576. The molecule has 0 spiro atoms. The van der Waals surface area contributed by atoms with Crippen LogP contribution in [0.2, 0.25) is 0 Å². The van der Waals surface area contributed by atoms with Gasteiger partial charge in [0, 0.05) is 19.0 Å². The number of piperidine rings is 1. The fraction of sp³-hybridized carbons (Fsp3) is 0.917. The maximum absolute atomic E-state index is 8.67. The van der Waals surface area contributed by atoms with Gasteiger partial charge < -0.3 is 9.80 Å². The molecular formula is C12H23N3. The normalized spacial score (nSPS) is 25.1. The van der Waals surface area contributed by atoms with Crippen molar-refractivity contribution in [1.82, 2.24) is 9.80 Å². The zero-order valence-electron chi connectivity index (χ0n) is 10.2. The molecule has 3 nitrogen and oxygen atoms in total. The van der Waals surface area contributed by atoms with Crippen LogP contribution in [0.25, 0.3) is 0 Å². The van der Waals surface area contributed by atoms with Crippen molar-refractivity contribution in [2.24, 2.45) is 5.92 Å². The van der Waals surface area contributed by atoms with Gasteiger partial charge >= 0.3 is 0 Å². The second-order valence-electron chi connectivity index (χ2n) is 4.89. The molecule has 2 atom stereocenters. The van der Waals surface area contributed by atoms with E-state index in [0.717, 1.165) is 12.3 Å². The first-order chi connectivity index (χ1) is 7.15. The lowest BCUT2D eigenvalue weighted by atomic mass is 9.87. The summed E-state index contributed by atoms with van der Waals surface area (Å²) in [6.07, 6.45) is 4.32. The van der Waals surface area contributed by atoms with E-state index in [9.17, 15) is 0 Å². The van der Waals surface area contributed by atoms with Gasteiger partial charge in [0.25, 0.3) is 0 Å². The lowest BCUT2D eigenvalue weighted by molar-refractivity contribution is 0.117. The third-order valence-electron chi connectivity index (χ3n) is 3.42. The summed E-state index contributed by atoms with van der Waals surface area (Å²) in [6, 6.07) is 2.84. The Hall–Kier alpha value is -0.590. The van der Waals surface area contributed by atoms with E-state index >= 15 is 0 Å². The number of nitriles is 1. The predicted octanol–water partition coefficient (Wildman–Crippen LogP) is 1.56. The van der Waals surface area contributed by atoms with Crippen LogP contribution in [0.4, 0.5) is 0 Å². The zero-order valence-corrected chi connectivity index (χ0v) is 10.2. The van der Waals surface area contributed by atoms with Crippen molar-refractivity contribution in [3.05, 3.63) is 0 Å². The molecule has 0 aromatic rings. The van der Waals surface area contributed by atoms with Gasteiger partial charge in [0.15, 0.2) is 0 Å². The largest absolute Gasteiger partial charge is 0.306 e. The number of likely N-dealkylation sites (tertiary alicyclic amines) is 1. The Kier molecular flexibility index (Phi) is 5.07. The summed E-state index contributed by atoms with van der Waals surface area (Å²) in [5.41, 5.74) is 0. The Morgan fingerprint density at radius 1 is 1.53 bits per heavy atom. The van der Waals surface area contributed by atoms with Gasteiger partial charge in [-0.2, -0.15) is 5.26 Å². The van der Waals surface area contributed by atoms with Crippen LogP contribution in [-0.2, 0) is 0 Å². The molecule has 1 aliphatic heterocycles. The van der Waals surface area contributed by atoms with Crippen LogP contribution in [0.5, 0.6) is 0 Å². The molecule has 0 aromatic carbocycles. The maximum Gasteiger partial charge on any atom is 0.0622 e. The molecule has 0 radical (unpaired) electrons. The van der Waals surface area contributed by atoms with Gasteiger partial charge in [-0.15, -0.1) is 0 Å². The number of nitrogens with zero attached hydrogens (tertiary/aromatic N) is 3. The van der Waals surface area contributed by atoms with Gasteiger partial charge in [-0.3, -0.25) is 0 Å². The summed E-state index contributed by atoms with van der Waals surface area (Å²) >= 11 is 0. The summed E-state index contributed by atoms with van der Waals surface area (Å²) in [7, 11) is 6.47. The van der Waals surface area contributed by atoms with Crippen LogP contribution in [0.1, 0.15) is 25.7 Å². The van der Waals surface area contributed by atoms with Crippen molar-refractivity contribution in [3.63, 3.8) is 0 Å². The highest BCUT2D eigenvalue weighted by molar-refractivity contribution is 4.84. The molecule has 0 N–H and O–H groups in total. The molecule has 1 aliphatic rings. The van der Waals surface area contributed by atoms with E-state index in [1.54, 1.807) is 0 Å². The van der Waals surface area contributed by atoms with E-state index in [-0.39, 0.29) is 0 Å². The molecule has 0 amide bonds. The lowest BCUT2D eigenvalue weighted by Gasteiger charge is -2.38. The molecular weight excluding hydrogens is 186 g/mol. The minimum Gasteiger partial charge on any atom is -0.306 e. The SMILES string of the molecule is CN1CCCC(C(CCC#N)N(C)C)C1. The van der Waals surface area contributed by atoms with Crippen LogP contribution < -0.4 is 0 Å². The van der Waals surface area contributed by atoms with Gasteiger partial charge in [-0.05, 0) is 52.9 Å². The van der Waals surface area contributed by atoms with Crippen molar-refractivity contribution >= 4 is 0 Å². The Balaban J connectivity index is 2.50. The summed E-state index contributed by atoms with van der Waals surface area (Å²) < 4.78 is 0. The molecule has 15 heavy (non-hydrogen) atoms. The Morgan fingerprint density at radius 2 is 2.27 bits per heavy atom. The summed E-state index contributed by atoms with van der Waals surface area (Å²) in [5, 5.41) is 8.67. The van der Waals surface area contributed by atoms with E-state index in [4.69, 9.17) is 5.26 Å². The summed E-state index contributed by atoms with van der Waals surface area (Å²) in [6.45, 7) is 2.42. The topological polar surface area (TPSA) is 30.3 Å². The zero-order chi connectivity index (χ0) is 11.3. The second kappa shape index (κ2) is 6.09. The Labute approximate surface area is 93.7 Å². The molecule has 0 saturated carbocycles.